The van der Waals surface area contributed by atoms with Gasteiger partial charge < -0.3 is 15.6 Å². The average molecular weight is 272 g/mol. The van der Waals surface area contributed by atoms with Gasteiger partial charge in [0.05, 0.1) is 6.42 Å². The predicted octanol–water partition coefficient (Wildman–Crippen LogP) is 1.60. The minimum atomic E-state index is -0.890. The second kappa shape index (κ2) is 5.83. The number of nitrogens with two attached hydrogens (primary N) is 1. The number of aromatic nitrogens is 1. The molecule has 0 aliphatic rings. The van der Waals surface area contributed by atoms with Gasteiger partial charge in [-0.3, -0.25) is 14.6 Å². The van der Waals surface area contributed by atoms with Crippen LogP contribution in [0.2, 0.25) is 0 Å². The molecule has 20 heavy (non-hydrogen) atoms. The molecule has 0 unspecified atom stereocenters. The topological polar surface area (TPSA) is 103 Å². The van der Waals surface area contributed by atoms with E-state index in [0.29, 0.717) is 17.1 Å². The number of rotatable bonds is 5. The number of amides is 1. The molecule has 0 saturated carbocycles. The zero-order valence-corrected chi connectivity index (χ0v) is 10.4. The summed E-state index contributed by atoms with van der Waals surface area (Å²) in [6, 6.07) is 9.68. The first kappa shape index (κ1) is 13.5. The van der Waals surface area contributed by atoms with Crippen molar-refractivity contribution in [2.24, 2.45) is 5.73 Å². The molecule has 0 saturated heterocycles. The zero-order chi connectivity index (χ0) is 14.5. The van der Waals surface area contributed by atoms with Crippen molar-refractivity contribution in [2.45, 2.75) is 6.42 Å². The average Bonchev–Trinajstić information content (AvgIpc) is 2.41. The summed E-state index contributed by atoms with van der Waals surface area (Å²) >= 11 is 0. The number of primary amides is 1. The Labute approximate surface area is 114 Å². The molecule has 102 valence electrons. The molecule has 1 amide bonds. The van der Waals surface area contributed by atoms with E-state index in [1.807, 2.05) is 0 Å². The number of pyridine rings is 1. The molecular formula is C14H12N2O4. The van der Waals surface area contributed by atoms with Crippen molar-refractivity contribution in [2.75, 3.05) is 0 Å². The summed E-state index contributed by atoms with van der Waals surface area (Å²) < 4.78 is 5.53. The third-order valence-corrected chi connectivity index (χ3v) is 2.50. The van der Waals surface area contributed by atoms with Crippen LogP contribution in [0.15, 0.2) is 42.6 Å². The number of carboxylic acid groups (broad SMARTS) is 1. The third kappa shape index (κ3) is 3.55. The first-order valence-corrected chi connectivity index (χ1v) is 5.79. The van der Waals surface area contributed by atoms with Crippen LogP contribution in [0.3, 0.4) is 0 Å². The maximum atomic E-state index is 11.0. The Hall–Kier alpha value is -2.89. The van der Waals surface area contributed by atoms with Crippen LogP contribution in [0.25, 0.3) is 0 Å². The molecule has 0 fully saturated rings. The van der Waals surface area contributed by atoms with E-state index >= 15 is 0 Å². The van der Waals surface area contributed by atoms with Gasteiger partial charge in [-0.2, -0.15) is 0 Å². The number of hydrogen-bond donors (Lipinski definition) is 2. The smallest absolute Gasteiger partial charge is 0.307 e. The molecule has 0 radical (unpaired) electrons. The number of nitrogens with zero attached hydrogens (tertiary/aromatic N) is 1. The number of carbonyl (C=O) groups excluding carboxylic acids is 1. The fourth-order valence-corrected chi connectivity index (χ4v) is 1.60. The second-order valence-electron chi connectivity index (χ2n) is 4.06. The molecule has 0 aliphatic heterocycles. The molecule has 0 spiro atoms. The van der Waals surface area contributed by atoms with Crippen molar-refractivity contribution in [3.63, 3.8) is 0 Å². The lowest BCUT2D eigenvalue weighted by atomic mass is 10.1. The quantitative estimate of drug-likeness (QED) is 0.860. The molecular weight excluding hydrogens is 260 g/mol. The van der Waals surface area contributed by atoms with Gasteiger partial charge in [-0.05, 0) is 23.8 Å². The first-order chi connectivity index (χ1) is 9.54. The van der Waals surface area contributed by atoms with Crippen molar-refractivity contribution in [1.82, 2.24) is 4.98 Å². The molecule has 0 atom stereocenters. The summed E-state index contributed by atoms with van der Waals surface area (Å²) in [5, 5.41) is 8.67. The van der Waals surface area contributed by atoms with Gasteiger partial charge in [-0.15, -0.1) is 0 Å². The summed E-state index contributed by atoms with van der Waals surface area (Å²) in [7, 11) is 0. The molecule has 1 aromatic heterocycles. The maximum Gasteiger partial charge on any atom is 0.307 e. The van der Waals surface area contributed by atoms with Gasteiger partial charge in [0, 0.05) is 12.3 Å². The molecule has 0 aliphatic carbocycles. The summed E-state index contributed by atoms with van der Waals surface area (Å²) in [5.41, 5.74) is 5.92. The van der Waals surface area contributed by atoms with E-state index in [2.05, 4.69) is 4.98 Å². The van der Waals surface area contributed by atoms with E-state index in [1.165, 1.54) is 12.3 Å². The standard InChI is InChI=1S/C14H12N2O4/c15-14(19)12-8-11(5-6-16-12)20-10-3-1-9(2-4-10)7-13(17)18/h1-6,8H,7H2,(H2,15,19)(H,17,18). The minimum Gasteiger partial charge on any atom is -0.481 e. The van der Waals surface area contributed by atoms with Gasteiger partial charge in [0.15, 0.2) is 0 Å². The highest BCUT2D eigenvalue weighted by Gasteiger charge is 2.05. The lowest BCUT2D eigenvalue weighted by Crippen LogP contribution is -2.12. The molecule has 1 aromatic carbocycles. The summed E-state index contributed by atoms with van der Waals surface area (Å²) in [5.74, 6) is -0.563. The van der Waals surface area contributed by atoms with Crippen molar-refractivity contribution in [1.29, 1.82) is 0 Å². The van der Waals surface area contributed by atoms with Gasteiger partial charge in [-0.25, -0.2) is 0 Å². The molecule has 6 heteroatoms. The van der Waals surface area contributed by atoms with Crippen molar-refractivity contribution >= 4 is 11.9 Å². The molecule has 0 bridgehead atoms. The number of benzene rings is 1. The van der Waals surface area contributed by atoms with E-state index in [4.69, 9.17) is 15.6 Å². The fraction of sp³-hybridized carbons (Fsp3) is 0.0714. The Morgan fingerprint density at radius 3 is 2.45 bits per heavy atom. The monoisotopic (exact) mass is 272 g/mol. The maximum absolute atomic E-state index is 11.0. The Morgan fingerprint density at radius 2 is 1.85 bits per heavy atom. The lowest BCUT2D eigenvalue weighted by Gasteiger charge is -2.06. The van der Waals surface area contributed by atoms with Gasteiger partial charge in [0.1, 0.15) is 17.2 Å². The number of hydrogen-bond acceptors (Lipinski definition) is 4. The van der Waals surface area contributed by atoms with Gasteiger partial charge in [-0.1, -0.05) is 12.1 Å². The summed E-state index contributed by atoms with van der Waals surface area (Å²) in [6.45, 7) is 0. The van der Waals surface area contributed by atoms with Crippen LogP contribution in [-0.2, 0) is 11.2 Å². The van der Waals surface area contributed by atoms with Gasteiger partial charge in [0.25, 0.3) is 5.91 Å². The molecule has 2 aromatic rings. The fourth-order valence-electron chi connectivity index (χ4n) is 1.60. The van der Waals surface area contributed by atoms with E-state index < -0.39 is 11.9 Å². The molecule has 2 rings (SSSR count). The highest BCUT2D eigenvalue weighted by Crippen LogP contribution is 2.21. The van der Waals surface area contributed by atoms with Crippen LogP contribution in [0.4, 0.5) is 0 Å². The van der Waals surface area contributed by atoms with E-state index in [1.54, 1.807) is 30.3 Å². The van der Waals surface area contributed by atoms with Crippen LogP contribution < -0.4 is 10.5 Å². The van der Waals surface area contributed by atoms with Crippen molar-refractivity contribution in [3.8, 4) is 11.5 Å². The largest absolute Gasteiger partial charge is 0.481 e. The van der Waals surface area contributed by atoms with Gasteiger partial charge >= 0.3 is 5.97 Å². The van der Waals surface area contributed by atoms with Crippen LogP contribution >= 0.6 is 0 Å². The van der Waals surface area contributed by atoms with E-state index in [-0.39, 0.29) is 12.1 Å². The van der Waals surface area contributed by atoms with Crippen LogP contribution in [0.5, 0.6) is 11.5 Å². The van der Waals surface area contributed by atoms with Crippen LogP contribution in [0.1, 0.15) is 16.1 Å². The number of ether oxygens (including phenoxy) is 1. The highest BCUT2D eigenvalue weighted by atomic mass is 16.5. The van der Waals surface area contributed by atoms with E-state index in [9.17, 15) is 9.59 Å². The Bertz CT molecular complexity index is 638. The Morgan fingerprint density at radius 1 is 1.15 bits per heavy atom. The summed E-state index contributed by atoms with van der Waals surface area (Å²) in [6.07, 6.45) is 1.38. The highest BCUT2D eigenvalue weighted by molar-refractivity contribution is 5.91. The van der Waals surface area contributed by atoms with Gasteiger partial charge in [0.2, 0.25) is 0 Å². The van der Waals surface area contributed by atoms with Crippen molar-refractivity contribution < 1.29 is 19.4 Å². The minimum absolute atomic E-state index is 0.0403. The number of carbonyl (C=O) groups is 2. The Balaban J connectivity index is 2.11. The van der Waals surface area contributed by atoms with Crippen molar-refractivity contribution in [3.05, 3.63) is 53.9 Å². The van der Waals surface area contributed by atoms with Crippen LogP contribution in [-0.4, -0.2) is 22.0 Å². The normalized spacial score (nSPS) is 10.0. The number of carboxylic acids is 1. The number of aliphatic carboxylic acids is 1. The Kier molecular flexibility index (Phi) is 3.95. The third-order valence-electron chi connectivity index (χ3n) is 2.50. The predicted molar refractivity (Wildman–Crippen MR) is 70.6 cm³/mol. The lowest BCUT2D eigenvalue weighted by molar-refractivity contribution is -0.136. The SMILES string of the molecule is NC(=O)c1cc(Oc2ccc(CC(=O)O)cc2)ccn1. The molecule has 1 heterocycles. The first-order valence-electron chi connectivity index (χ1n) is 5.79. The zero-order valence-electron chi connectivity index (χ0n) is 10.4. The molecule has 6 nitrogen and oxygen atoms in total. The molecule has 3 N–H and O–H groups in total. The summed E-state index contributed by atoms with van der Waals surface area (Å²) in [4.78, 5) is 25.4. The second-order valence-corrected chi connectivity index (χ2v) is 4.06. The van der Waals surface area contributed by atoms with Crippen LogP contribution in [0, 0.1) is 0 Å². The van der Waals surface area contributed by atoms with E-state index in [0.717, 1.165) is 0 Å².